The summed E-state index contributed by atoms with van der Waals surface area (Å²) in [5.41, 5.74) is 6.35. The Kier molecular flexibility index (Phi) is 25.4. The summed E-state index contributed by atoms with van der Waals surface area (Å²) in [5.74, 6) is 7.35. The molecule has 1 saturated carbocycles. The molecule has 1 aliphatic rings. The molecule has 0 unspecified atom stereocenters. The zero-order valence-corrected chi connectivity index (χ0v) is 37.1. The Morgan fingerprint density at radius 1 is 0.833 bits per heavy atom. The first kappa shape index (κ1) is 49.3. The van der Waals surface area contributed by atoms with E-state index in [0.717, 1.165) is 78.3 Å². The molecule has 0 aliphatic heterocycles. The van der Waals surface area contributed by atoms with E-state index in [0.29, 0.717) is 25.0 Å². The molecule has 0 amide bonds. The van der Waals surface area contributed by atoms with Gasteiger partial charge in [-0.05, 0) is 87.0 Å². The minimum Gasteiger partial charge on any atom is -0.347 e. The van der Waals surface area contributed by atoms with E-state index in [1.807, 2.05) is 43.7 Å². The maximum atomic E-state index is 10.6. The van der Waals surface area contributed by atoms with Crippen molar-refractivity contribution >= 4 is 24.0 Å². The highest BCUT2D eigenvalue weighted by Gasteiger charge is 2.23. The molecule has 1 aliphatic carbocycles. The Morgan fingerprint density at radius 3 is 2.10 bits per heavy atom. The Bertz CT molecular complexity index is 1890. The van der Waals surface area contributed by atoms with Gasteiger partial charge in [0.25, 0.3) is 0 Å². The van der Waals surface area contributed by atoms with E-state index in [1.165, 1.54) is 96.1 Å². The summed E-state index contributed by atoms with van der Waals surface area (Å²) in [4.78, 5) is 26.8. The van der Waals surface area contributed by atoms with Crippen molar-refractivity contribution in [2.24, 2.45) is 0 Å². The Hall–Kier alpha value is -5.06. The Labute approximate surface area is 362 Å². The van der Waals surface area contributed by atoms with Gasteiger partial charge in [-0.1, -0.05) is 169 Å². The second-order valence-corrected chi connectivity index (χ2v) is 15.8. The molecule has 0 atom stereocenters. The number of nitrogens with one attached hydrogen (secondary N) is 2. The van der Waals surface area contributed by atoms with Gasteiger partial charge in [-0.2, -0.15) is 0 Å². The highest BCUT2D eigenvalue weighted by atomic mass is 16.1. The summed E-state index contributed by atoms with van der Waals surface area (Å²) >= 11 is 0. The standard InChI is InChI=1S/C39H42N4O.C12H27N.C2H4O/c1-31(35-22-11-6-12-23-35)37-38(40)43(36-24-13-7-14-25-36)30-41-39(37)42(28-33-18-9-5-10-19-33)29-34-21-16-20-32(27-34)17-8-3-2-4-15-26-44;1-3-4-5-6-7-8-9-10-11-12-13-2;1-2-3/h5-6,9-12,16,18-23,26-27,30,36,40H,1-4,7,13-15,24-25,28-29H2;13H,3-12H2,1-2H3;2H,1H3. The van der Waals surface area contributed by atoms with Crippen molar-refractivity contribution in [2.75, 3.05) is 18.5 Å². The molecule has 322 valence electrons. The molecule has 0 saturated heterocycles. The first-order valence-corrected chi connectivity index (χ1v) is 22.7. The third-order valence-electron chi connectivity index (χ3n) is 10.9. The lowest BCUT2D eigenvalue weighted by molar-refractivity contribution is -0.108. The first-order chi connectivity index (χ1) is 29.5. The fourth-order valence-electron chi connectivity index (χ4n) is 7.61. The number of anilines is 1. The predicted octanol–water partition coefficient (Wildman–Crippen LogP) is 12.2. The third-order valence-corrected chi connectivity index (χ3v) is 10.9. The van der Waals surface area contributed by atoms with Crippen LogP contribution in [0.1, 0.15) is 163 Å². The largest absolute Gasteiger partial charge is 0.347 e. The van der Waals surface area contributed by atoms with Crippen molar-refractivity contribution in [2.45, 2.75) is 149 Å². The van der Waals surface area contributed by atoms with Crippen LogP contribution >= 0.6 is 0 Å². The number of unbranched alkanes of at least 4 members (excludes halogenated alkanes) is 11. The predicted molar refractivity (Wildman–Crippen MR) is 252 cm³/mol. The van der Waals surface area contributed by atoms with Crippen molar-refractivity contribution < 1.29 is 9.59 Å². The number of aldehydes is 2. The number of benzene rings is 3. The van der Waals surface area contributed by atoms with Crippen LogP contribution in [0.2, 0.25) is 0 Å². The monoisotopic (exact) mass is 812 g/mol. The van der Waals surface area contributed by atoms with Gasteiger partial charge in [-0.25, -0.2) is 4.98 Å². The van der Waals surface area contributed by atoms with Crippen molar-refractivity contribution in [3.05, 3.63) is 131 Å². The van der Waals surface area contributed by atoms with E-state index >= 15 is 0 Å². The highest BCUT2D eigenvalue weighted by Crippen LogP contribution is 2.32. The molecule has 1 aromatic heterocycles. The van der Waals surface area contributed by atoms with E-state index in [-0.39, 0.29) is 6.04 Å². The molecule has 2 N–H and O–H groups in total. The van der Waals surface area contributed by atoms with Gasteiger partial charge in [0.1, 0.15) is 23.9 Å². The lowest BCUT2D eigenvalue weighted by atomic mass is 9.94. The van der Waals surface area contributed by atoms with Gasteiger partial charge in [-0.3, -0.25) is 5.41 Å². The summed E-state index contributed by atoms with van der Waals surface area (Å²) in [6.07, 6.45) is 25.4. The van der Waals surface area contributed by atoms with Crippen LogP contribution in [0, 0.1) is 17.3 Å². The Balaban J connectivity index is 0.000000510. The number of aromatic nitrogens is 2. The molecule has 1 heterocycles. The van der Waals surface area contributed by atoms with Crippen molar-refractivity contribution in [3.63, 3.8) is 0 Å². The van der Waals surface area contributed by atoms with Crippen molar-refractivity contribution in [1.29, 1.82) is 5.41 Å². The molecule has 0 radical (unpaired) electrons. The molecular formula is C53H73N5O2. The topological polar surface area (TPSA) is 91.1 Å². The van der Waals surface area contributed by atoms with Gasteiger partial charge in [0.15, 0.2) is 0 Å². The molecule has 0 bridgehead atoms. The van der Waals surface area contributed by atoms with Crippen LogP contribution in [0.4, 0.5) is 5.82 Å². The fourth-order valence-corrected chi connectivity index (χ4v) is 7.61. The van der Waals surface area contributed by atoms with E-state index in [2.05, 4.69) is 94.7 Å². The number of rotatable bonds is 22. The molecule has 3 aromatic carbocycles. The van der Waals surface area contributed by atoms with Crippen molar-refractivity contribution in [3.8, 4) is 11.8 Å². The summed E-state index contributed by atoms with van der Waals surface area (Å²) in [6.45, 7) is 10.7. The minimum absolute atomic E-state index is 0.288. The maximum Gasteiger partial charge on any atom is 0.142 e. The fraction of sp³-hybridized carbons (Fsp3) is 0.472. The van der Waals surface area contributed by atoms with Gasteiger partial charge in [-0.15, -0.1) is 0 Å². The molecule has 7 heteroatoms. The van der Waals surface area contributed by atoms with Crippen LogP contribution < -0.4 is 15.7 Å². The smallest absolute Gasteiger partial charge is 0.142 e. The minimum atomic E-state index is 0.288. The van der Waals surface area contributed by atoms with E-state index in [1.54, 1.807) is 0 Å². The molecular weight excluding hydrogens is 739 g/mol. The van der Waals surface area contributed by atoms with E-state index in [4.69, 9.17) is 9.78 Å². The van der Waals surface area contributed by atoms with E-state index in [9.17, 15) is 10.2 Å². The van der Waals surface area contributed by atoms with Crippen molar-refractivity contribution in [1.82, 2.24) is 14.9 Å². The van der Waals surface area contributed by atoms with Crippen LogP contribution in [-0.2, 0) is 22.7 Å². The summed E-state index contributed by atoms with van der Waals surface area (Å²) < 4.78 is 2.08. The van der Waals surface area contributed by atoms with Gasteiger partial charge in [0.05, 0.1) is 11.9 Å². The molecule has 60 heavy (non-hydrogen) atoms. The molecule has 4 aromatic rings. The van der Waals surface area contributed by atoms with Crippen LogP contribution in [-0.4, -0.2) is 35.7 Å². The number of hydrogen-bond acceptors (Lipinski definition) is 6. The summed E-state index contributed by atoms with van der Waals surface area (Å²) in [6, 6.07) is 29.3. The van der Waals surface area contributed by atoms with Crippen LogP contribution in [0.3, 0.4) is 0 Å². The zero-order chi connectivity index (χ0) is 43.0. The molecule has 0 spiro atoms. The van der Waals surface area contributed by atoms with Gasteiger partial charge in [0, 0.05) is 37.5 Å². The lowest BCUT2D eigenvalue weighted by Crippen LogP contribution is -2.33. The van der Waals surface area contributed by atoms with Gasteiger partial charge >= 0.3 is 0 Å². The molecule has 7 nitrogen and oxygen atoms in total. The highest BCUT2D eigenvalue weighted by molar-refractivity contribution is 5.83. The average molecular weight is 812 g/mol. The number of carbonyl (C=O) groups excluding carboxylic acids is 2. The number of hydrogen-bond donors (Lipinski definition) is 2. The second-order valence-electron chi connectivity index (χ2n) is 15.8. The second kappa shape index (κ2) is 30.9. The lowest BCUT2D eigenvalue weighted by Gasteiger charge is -2.30. The quantitative estimate of drug-likeness (QED) is 0.0469. The Morgan fingerprint density at radius 2 is 1.45 bits per heavy atom. The maximum absolute atomic E-state index is 10.6. The third kappa shape index (κ3) is 18.5. The summed E-state index contributed by atoms with van der Waals surface area (Å²) in [7, 11) is 2.03. The van der Waals surface area contributed by atoms with Crippen LogP contribution in [0.5, 0.6) is 0 Å². The zero-order valence-electron chi connectivity index (χ0n) is 37.1. The first-order valence-electron chi connectivity index (χ1n) is 22.7. The normalized spacial score (nSPS) is 12.1. The summed E-state index contributed by atoms with van der Waals surface area (Å²) in [5, 5.41) is 12.7. The molecule has 5 rings (SSSR count). The SMILES string of the molecule is C=C(c1ccccc1)c1c(N(Cc2ccccc2)Cc2cccc(C#CCCCCC=O)c2)ncn(C2CCCCC2)c1=N.CC=O.CCCCCCCCCCCNC. The van der Waals surface area contributed by atoms with Gasteiger partial charge < -0.3 is 24.4 Å². The molecule has 1 fully saturated rings. The average Bonchev–Trinajstić information content (AvgIpc) is 3.28. The number of nitrogens with zero attached hydrogens (tertiary/aromatic N) is 3. The van der Waals surface area contributed by atoms with Crippen LogP contribution in [0.15, 0.2) is 97.8 Å². The van der Waals surface area contributed by atoms with E-state index < -0.39 is 0 Å². The van der Waals surface area contributed by atoms with Crippen LogP contribution in [0.25, 0.3) is 5.57 Å². The number of carbonyl (C=O) groups is 2. The van der Waals surface area contributed by atoms with Gasteiger partial charge in [0.2, 0.25) is 0 Å².